The number of ether oxygens (including phenoxy) is 2. The summed E-state index contributed by atoms with van der Waals surface area (Å²) in [6.07, 6.45) is -5.29. The second-order valence-electron chi connectivity index (χ2n) is 6.15. The van der Waals surface area contributed by atoms with Crippen molar-refractivity contribution in [1.82, 2.24) is 10.2 Å². The Hall–Kier alpha value is -2.00. The third kappa shape index (κ3) is 7.18. The highest BCUT2D eigenvalue weighted by molar-refractivity contribution is 5.86. The number of nitrogens with one attached hydrogen (secondary N) is 1. The topological polar surface area (TPSA) is 84.9 Å². The molecule has 0 aliphatic carbocycles. The molecule has 0 saturated carbocycles. The number of likely N-dealkylation sites (tertiary alicyclic amines) is 1. The zero-order chi connectivity index (χ0) is 19.2. The molecule has 1 rings (SSSR count). The Bertz CT molecular complexity index is 496. The van der Waals surface area contributed by atoms with Crippen molar-refractivity contribution < 1.29 is 37.0 Å². The van der Waals surface area contributed by atoms with E-state index in [0.717, 1.165) is 4.90 Å². The summed E-state index contributed by atoms with van der Waals surface area (Å²) in [5.74, 6) is -1.59. The van der Waals surface area contributed by atoms with E-state index in [1.54, 1.807) is 20.8 Å². The Morgan fingerprint density at radius 3 is 2.44 bits per heavy atom. The average molecular weight is 368 g/mol. The fraction of sp³-hybridized carbons (Fsp3) is 0.800. The minimum absolute atomic E-state index is 0.00628. The molecule has 0 spiro atoms. The standard InChI is InChI=1S/C15H23F3N2O5/c1-9(2)25-13(22)10(3)7-19-12(21)11-5-4-6-20(11)14(23)24-8-15(16,17)18/h9-11H,4-8H2,1-3H3,(H,19,21). The Kier molecular flexibility index (Phi) is 7.50. The number of carbonyl (C=O) groups excluding carboxylic acids is 3. The van der Waals surface area contributed by atoms with Gasteiger partial charge in [-0.25, -0.2) is 4.79 Å². The van der Waals surface area contributed by atoms with Crippen LogP contribution in [-0.4, -0.2) is 60.9 Å². The molecule has 0 radical (unpaired) electrons. The number of alkyl halides is 3. The summed E-state index contributed by atoms with van der Waals surface area (Å²) in [6, 6.07) is -0.908. The first-order valence-electron chi connectivity index (χ1n) is 7.99. The molecular formula is C15H23F3N2O5. The molecule has 1 heterocycles. The molecular weight excluding hydrogens is 345 g/mol. The summed E-state index contributed by atoms with van der Waals surface area (Å²) in [4.78, 5) is 36.5. The van der Waals surface area contributed by atoms with Crippen molar-refractivity contribution in [3.05, 3.63) is 0 Å². The van der Waals surface area contributed by atoms with Gasteiger partial charge in [0.1, 0.15) is 6.04 Å². The first-order valence-corrected chi connectivity index (χ1v) is 7.99. The van der Waals surface area contributed by atoms with Gasteiger partial charge in [0.15, 0.2) is 6.61 Å². The fourth-order valence-electron chi connectivity index (χ4n) is 2.29. The molecule has 2 amide bonds. The van der Waals surface area contributed by atoms with Crippen LogP contribution in [0, 0.1) is 5.92 Å². The van der Waals surface area contributed by atoms with Gasteiger partial charge in [-0.2, -0.15) is 13.2 Å². The summed E-state index contributed by atoms with van der Waals surface area (Å²) in [7, 11) is 0. The minimum atomic E-state index is -4.63. The van der Waals surface area contributed by atoms with E-state index >= 15 is 0 Å². The van der Waals surface area contributed by atoms with Crippen LogP contribution in [0.15, 0.2) is 0 Å². The summed E-state index contributed by atoms with van der Waals surface area (Å²) < 4.78 is 45.5. The predicted molar refractivity (Wildman–Crippen MR) is 80.5 cm³/mol. The predicted octanol–water partition coefficient (Wildman–Crippen LogP) is 1.85. The molecule has 1 saturated heterocycles. The van der Waals surface area contributed by atoms with Gasteiger partial charge in [-0.1, -0.05) is 6.92 Å². The summed E-state index contributed by atoms with van der Waals surface area (Å²) >= 11 is 0. The molecule has 0 bridgehead atoms. The smallest absolute Gasteiger partial charge is 0.422 e. The van der Waals surface area contributed by atoms with E-state index in [9.17, 15) is 27.6 Å². The summed E-state index contributed by atoms with van der Waals surface area (Å²) in [5, 5.41) is 2.52. The van der Waals surface area contributed by atoms with Crippen LogP contribution in [0.25, 0.3) is 0 Å². The fourth-order valence-corrected chi connectivity index (χ4v) is 2.29. The molecule has 144 valence electrons. The lowest BCUT2D eigenvalue weighted by Gasteiger charge is -2.24. The van der Waals surface area contributed by atoms with E-state index in [0.29, 0.717) is 12.8 Å². The van der Waals surface area contributed by atoms with Crippen molar-refractivity contribution in [1.29, 1.82) is 0 Å². The molecule has 1 N–H and O–H groups in total. The number of hydrogen-bond donors (Lipinski definition) is 1. The van der Waals surface area contributed by atoms with Crippen LogP contribution in [0.2, 0.25) is 0 Å². The first-order chi connectivity index (χ1) is 11.5. The maximum atomic E-state index is 12.2. The number of esters is 1. The van der Waals surface area contributed by atoms with Crippen LogP contribution in [0.5, 0.6) is 0 Å². The van der Waals surface area contributed by atoms with Crippen LogP contribution in [-0.2, 0) is 19.1 Å². The van der Waals surface area contributed by atoms with Gasteiger partial charge in [0.25, 0.3) is 0 Å². The lowest BCUT2D eigenvalue weighted by molar-refractivity contribution is -0.162. The number of amides is 2. The van der Waals surface area contributed by atoms with Crippen molar-refractivity contribution >= 4 is 18.0 Å². The molecule has 0 aromatic rings. The quantitative estimate of drug-likeness (QED) is 0.724. The average Bonchev–Trinajstić information content (AvgIpc) is 2.98. The van der Waals surface area contributed by atoms with E-state index < -0.39 is 42.7 Å². The van der Waals surface area contributed by atoms with Crippen LogP contribution in [0.1, 0.15) is 33.6 Å². The second-order valence-corrected chi connectivity index (χ2v) is 6.15. The maximum Gasteiger partial charge on any atom is 0.422 e. The number of carbonyl (C=O) groups is 3. The molecule has 1 aliphatic heterocycles. The Labute approximate surface area is 143 Å². The molecule has 7 nitrogen and oxygen atoms in total. The third-order valence-electron chi connectivity index (χ3n) is 3.49. The van der Waals surface area contributed by atoms with Gasteiger partial charge in [0.2, 0.25) is 5.91 Å². The molecule has 2 unspecified atom stereocenters. The zero-order valence-electron chi connectivity index (χ0n) is 14.4. The first kappa shape index (κ1) is 21.0. The lowest BCUT2D eigenvalue weighted by atomic mass is 10.1. The number of nitrogens with zero attached hydrogens (tertiary/aromatic N) is 1. The molecule has 1 fully saturated rings. The third-order valence-corrected chi connectivity index (χ3v) is 3.49. The van der Waals surface area contributed by atoms with Crippen molar-refractivity contribution in [2.75, 3.05) is 19.7 Å². The normalized spacial score (nSPS) is 18.8. The van der Waals surface area contributed by atoms with Crippen molar-refractivity contribution in [2.24, 2.45) is 5.92 Å². The van der Waals surface area contributed by atoms with E-state index in [1.807, 2.05) is 0 Å². The zero-order valence-corrected chi connectivity index (χ0v) is 14.4. The van der Waals surface area contributed by atoms with E-state index in [2.05, 4.69) is 10.1 Å². The largest absolute Gasteiger partial charge is 0.463 e. The van der Waals surface area contributed by atoms with Crippen LogP contribution >= 0.6 is 0 Å². The van der Waals surface area contributed by atoms with E-state index in [-0.39, 0.29) is 19.2 Å². The molecule has 0 aromatic heterocycles. The minimum Gasteiger partial charge on any atom is -0.463 e. The van der Waals surface area contributed by atoms with Gasteiger partial charge in [0.05, 0.1) is 12.0 Å². The van der Waals surface area contributed by atoms with Gasteiger partial charge < -0.3 is 14.8 Å². The molecule has 10 heteroatoms. The van der Waals surface area contributed by atoms with Crippen molar-refractivity contribution in [3.63, 3.8) is 0 Å². The lowest BCUT2D eigenvalue weighted by Crippen LogP contribution is -2.48. The highest BCUT2D eigenvalue weighted by Crippen LogP contribution is 2.21. The van der Waals surface area contributed by atoms with Gasteiger partial charge in [-0.3, -0.25) is 14.5 Å². The number of rotatable bonds is 6. The molecule has 0 aromatic carbocycles. The van der Waals surface area contributed by atoms with Crippen LogP contribution in [0.4, 0.5) is 18.0 Å². The maximum absolute atomic E-state index is 12.2. The Morgan fingerprint density at radius 2 is 1.88 bits per heavy atom. The molecule has 1 aliphatic rings. The number of halogens is 3. The summed E-state index contributed by atoms with van der Waals surface area (Å²) in [6.45, 7) is 3.42. The van der Waals surface area contributed by atoms with Crippen LogP contribution < -0.4 is 5.32 Å². The van der Waals surface area contributed by atoms with Gasteiger partial charge in [0, 0.05) is 13.1 Å². The second kappa shape index (κ2) is 8.91. The van der Waals surface area contributed by atoms with Gasteiger partial charge >= 0.3 is 18.2 Å². The summed E-state index contributed by atoms with van der Waals surface area (Å²) in [5.41, 5.74) is 0. The highest BCUT2D eigenvalue weighted by Gasteiger charge is 2.37. The molecule has 2 atom stereocenters. The molecule has 25 heavy (non-hydrogen) atoms. The number of hydrogen-bond acceptors (Lipinski definition) is 5. The van der Waals surface area contributed by atoms with E-state index in [4.69, 9.17) is 4.74 Å². The highest BCUT2D eigenvalue weighted by atomic mass is 19.4. The van der Waals surface area contributed by atoms with Crippen LogP contribution in [0.3, 0.4) is 0 Å². The monoisotopic (exact) mass is 368 g/mol. The SMILES string of the molecule is CC(C)OC(=O)C(C)CNC(=O)C1CCCN1C(=O)OCC(F)(F)F. The van der Waals surface area contributed by atoms with Crippen molar-refractivity contribution in [3.8, 4) is 0 Å². The van der Waals surface area contributed by atoms with Gasteiger partial charge in [-0.05, 0) is 26.7 Å². The Morgan fingerprint density at radius 1 is 1.24 bits per heavy atom. The van der Waals surface area contributed by atoms with E-state index in [1.165, 1.54) is 0 Å². The Balaban J connectivity index is 2.50. The van der Waals surface area contributed by atoms with Crippen molar-refractivity contribution in [2.45, 2.75) is 51.9 Å². The van der Waals surface area contributed by atoms with Gasteiger partial charge in [-0.15, -0.1) is 0 Å².